The van der Waals surface area contributed by atoms with Crippen LogP contribution in [-0.2, 0) is 0 Å². The van der Waals surface area contributed by atoms with Gasteiger partial charge in [0.2, 0.25) is 5.78 Å². The smallest absolute Gasteiger partial charge is 0.201 e. The number of likely N-dealkylation sites (N-methyl/N-ethyl adjacent to an activating group) is 1. The summed E-state index contributed by atoms with van der Waals surface area (Å²) in [6, 6.07) is 24.9. The van der Waals surface area contributed by atoms with Crippen molar-refractivity contribution in [3.05, 3.63) is 90.0 Å². The van der Waals surface area contributed by atoms with Crippen molar-refractivity contribution in [3.63, 3.8) is 0 Å². The first-order chi connectivity index (χ1) is 15.2. The molecular formula is C27H27NO3. The maximum atomic E-state index is 13.8. The van der Waals surface area contributed by atoms with Crippen molar-refractivity contribution in [1.82, 2.24) is 4.90 Å². The van der Waals surface area contributed by atoms with Crippen LogP contribution in [0.4, 0.5) is 0 Å². The van der Waals surface area contributed by atoms with Crippen LogP contribution in [0.5, 0.6) is 5.75 Å². The number of para-hydroxylation sites is 2. The number of hydrogen-bond donors (Lipinski definition) is 0. The SMILES string of the molecule is CCN(CC)CCOc1ccccc1C(=O)c1c(-c2ccccc2)oc2ccccc12. The third-order valence-corrected chi connectivity index (χ3v) is 5.55. The maximum absolute atomic E-state index is 13.8. The Balaban J connectivity index is 1.72. The van der Waals surface area contributed by atoms with Gasteiger partial charge in [-0.3, -0.25) is 4.79 Å². The number of carbonyl (C=O) groups excluding carboxylic acids is 1. The second-order valence-electron chi connectivity index (χ2n) is 7.37. The fraction of sp³-hybridized carbons (Fsp3) is 0.222. The van der Waals surface area contributed by atoms with Crippen LogP contribution in [0.2, 0.25) is 0 Å². The molecule has 1 aromatic heterocycles. The molecule has 4 heteroatoms. The number of ketones is 1. The van der Waals surface area contributed by atoms with Gasteiger partial charge < -0.3 is 14.1 Å². The van der Waals surface area contributed by atoms with Crippen molar-refractivity contribution < 1.29 is 13.9 Å². The Kier molecular flexibility index (Phi) is 6.48. The monoisotopic (exact) mass is 413 g/mol. The van der Waals surface area contributed by atoms with Crippen LogP contribution in [0.25, 0.3) is 22.3 Å². The van der Waals surface area contributed by atoms with Crippen molar-refractivity contribution in [2.75, 3.05) is 26.2 Å². The highest BCUT2D eigenvalue weighted by Gasteiger charge is 2.25. The molecule has 0 atom stereocenters. The molecule has 1 heterocycles. The van der Waals surface area contributed by atoms with Crippen LogP contribution in [0.3, 0.4) is 0 Å². The Labute approximate surface area is 183 Å². The van der Waals surface area contributed by atoms with Crippen molar-refractivity contribution in [3.8, 4) is 17.1 Å². The number of ether oxygens (including phenoxy) is 1. The van der Waals surface area contributed by atoms with Crippen LogP contribution in [0.1, 0.15) is 29.8 Å². The van der Waals surface area contributed by atoms with Crippen LogP contribution < -0.4 is 4.74 Å². The predicted octanol–water partition coefficient (Wildman–Crippen LogP) is 6.05. The largest absolute Gasteiger partial charge is 0.491 e. The van der Waals surface area contributed by atoms with Gasteiger partial charge >= 0.3 is 0 Å². The standard InChI is InChI=1S/C27H27NO3/c1-3-28(4-2)18-19-30-23-16-10-9-15-22(23)26(29)25-21-14-8-11-17-24(21)31-27(25)20-12-6-5-7-13-20/h5-17H,3-4,18-19H2,1-2H3. The molecule has 0 amide bonds. The Morgan fingerprint density at radius 1 is 0.871 bits per heavy atom. The second kappa shape index (κ2) is 9.63. The van der Waals surface area contributed by atoms with Gasteiger partial charge in [0.1, 0.15) is 23.7 Å². The van der Waals surface area contributed by atoms with Crippen LogP contribution >= 0.6 is 0 Å². The molecule has 0 fully saturated rings. The summed E-state index contributed by atoms with van der Waals surface area (Å²) in [6.45, 7) is 7.57. The summed E-state index contributed by atoms with van der Waals surface area (Å²) >= 11 is 0. The molecule has 0 radical (unpaired) electrons. The van der Waals surface area contributed by atoms with E-state index >= 15 is 0 Å². The van der Waals surface area contributed by atoms with Gasteiger partial charge in [-0.15, -0.1) is 0 Å². The molecule has 0 aliphatic carbocycles. The lowest BCUT2D eigenvalue weighted by Crippen LogP contribution is -2.28. The van der Waals surface area contributed by atoms with E-state index < -0.39 is 0 Å². The number of benzene rings is 3. The Bertz CT molecular complexity index is 1160. The van der Waals surface area contributed by atoms with Gasteiger partial charge in [-0.2, -0.15) is 0 Å². The van der Waals surface area contributed by atoms with E-state index in [1.807, 2.05) is 78.9 Å². The topological polar surface area (TPSA) is 42.7 Å². The number of furan rings is 1. The molecule has 158 valence electrons. The van der Waals surface area contributed by atoms with Crippen LogP contribution in [0, 0.1) is 0 Å². The average molecular weight is 414 g/mol. The summed E-state index contributed by atoms with van der Waals surface area (Å²) in [4.78, 5) is 16.1. The van der Waals surface area contributed by atoms with Gasteiger partial charge in [0.15, 0.2) is 0 Å². The highest BCUT2D eigenvalue weighted by atomic mass is 16.5. The quantitative estimate of drug-likeness (QED) is 0.313. The Morgan fingerprint density at radius 2 is 1.55 bits per heavy atom. The van der Waals surface area contributed by atoms with Gasteiger partial charge in [0.25, 0.3) is 0 Å². The number of hydrogen-bond acceptors (Lipinski definition) is 4. The number of nitrogens with zero attached hydrogens (tertiary/aromatic N) is 1. The molecule has 0 spiro atoms. The zero-order valence-electron chi connectivity index (χ0n) is 18.0. The molecule has 0 saturated carbocycles. The summed E-state index contributed by atoms with van der Waals surface area (Å²) in [7, 11) is 0. The number of rotatable bonds is 9. The normalized spacial score (nSPS) is 11.2. The Morgan fingerprint density at radius 3 is 2.32 bits per heavy atom. The van der Waals surface area contributed by atoms with Crippen molar-refractivity contribution in [2.45, 2.75) is 13.8 Å². The number of carbonyl (C=O) groups is 1. The second-order valence-corrected chi connectivity index (χ2v) is 7.37. The van der Waals surface area contributed by atoms with Crippen molar-refractivity contribution >= 4 is 16.8 Å². The minimum Gasteiger partial charge on any atom is -0.491 e. The summed E-state index contributed by atoms with van der Waals surface area (Å²) in [5.74, 6) is 1.09. The average Bonchev–Trinajstić information content (AvgIpc) is 3.22. The maximum Gasteiger partial charge on any atom is 0.201 e. The zero-order valence-corrected chi connectivity index (χ0v) is 18.0. The van der Waals surface area contributed by atoms with E-state index in [1.54, 1.807) is 0 Å². The lowest BCUT2D eigenvalue weighted by molar-refractivity contribution is 0.103. The summed E-state index contributed by atoms with van der Waals surface area (Å²) < 4.78 is 12.2. The molecule has 0 unspecified atom stereocenters. The predicted molar refractivity (Wildman–Crippen MR) is 125 cm³/mol. The lowest BCUT2D eigenvalue weighted by Gasteiger charge is -2.18. The molecule has 0 saturated heterocycles. The first-order valence-electron chi connectivity index (χ1n) is 10.8. The molecular weight excluding hydrogens is 386 g/mol. The van der Waals surface area contributed by atoms with Crippen LogP contribution in [0.15, 0.2) is 83.3 Å². The van der Waals surface area contributed by atoms with Gasteiger partial charge in [-0.1, -0.05) is 74.5 Å². The first-order valence-corrected chi connectivity index (χ1v) is 10.8. The van der Waals surface area contributed by atoms with E-state index in [9.17, 15) is 4.79 Å². The van der Waals surface area contributed by atoms with E-state index in [-0.39, 0.29) is 5.78 Å². The van der Waals surface area contributed by atoms with Gasteiger partial charge in [0, 0.05) is 17.5 Å². The summed E-state index contributed by atoms with van der Waals surface area (Å²) in [6.07, 6.45) is 0. The molecule has 4 nitrogen and oxygen atoms in total. The molecule has 0 aliphatic heterocycles. The molecule has 0 N–H and O–H groups in total. The van der Waals surface area contributed by atoms with E-state index in [0.717, 1.165) is 30.6 Å². The zero-order chi connectivity index (χ0) is 21.6. The summed E-state index contributed by atoms with van der Waals surface area (Å²) in [5, 5.41) is 0.810. The number of fused-ring (bicyclic) bond motifs is 1. The van der Waals surface area contributed by atoms with E-state index in [0.29, 0.717) is 34.8 Å². The minimum absolute atomic E-state index is 0.0951. The Hall–Kier alpha value is -3.37. The third-order valence-electron chi connectivity index (χ3n) is 5.55. The molecule has 0 bridgehead atoms. The summed E-state index contributed by atoms with van der Waals surface area (Å²) in [5.41, 5.74) is 2.69. The van der Waals surface area contributed by atoms with E-state index in [4.69, 9.17) is 9.15 Å². The third kappa shape index (κ3) is 4.39. The first kappa shape index (κ1) is 20.9. The fourth-order valence-electron chi connectivity index (χ4n) is 3.80. The van der Waals surface area contributed by atoms with Gasteiger partial charge in [0.05, 0.1) is 11.1 Å². The van der Waals surface area contributed by atoms with E-state index in [2.05, 4.69) is 18.7 Å². The fourth-order valence-corrected chi connectivity index (χ4v) is 3.80. The van der Waals surface area contributed by atoms with Crippen LogP contribution in [-0.4, -0.2) is 36.9 Å². The van der Waals surface area contributed by atoms with E-state index in [1.165, 1.54) is 0 Å². The molecule has 4 rings (SSSR count). The highest BCUT2D eigenvalue weighted by Crippen LogP contribution is 2.36. The van der Waals surface area contributed by atoms with Gasteiger partial charge in [-0.25, -0.2) is 0 Å². The van der Waals surface area contributed by atoms with Crippen molar-refractivity contribution in [1.29, 1.82) is 0 Å². The molecule has 4 aromatic rings. The minimum atomic E-state index is -0.0951. The molecule has 0 aliphatic rings. The molecule has 3 aromatic carbocycles. The lowest BCUT2D eigenvalue weighted by atomic mass is 9.97. The highest BCUT2D eigenvalue weighted by molar-refractivity contribution is 6.20. The van der Waals surface area contributed by atoms with Gasteiger partial charge in [-0.05, 0) is 31.3 Å². The molecule has 31 heavy (non-hydrogen) atoms. The van der Waals surface area contributed by atoms with Crippen molar-refractivity contribution in [2.24, 2.45) is 0 Å².